The van der Waals surface area contributed by atoms with Crippen LogP contribution in [0.4, 0.5) is 4.39 Å². The highest BCUT2D eigenvalue weighted by Gasteiger charge is 2.33. The van der Waals surface area contributed by atoms with E-state index in [9.17, 15) is 9.18 Å². The van der Waals surface area contributed by atoms with Gasteiger partial charge in [0.2, 0.25) is 5.91 Å². The van der Waals surface area contributed by atoms with Gasteiger partial charge in [0.1, 0.15) is 12.4 Å². The number of amides is 1. The topological polar surface area (TPSA) is 24.8 Å². The number of nitrogens with zero attached hydrogens (tertiary/aromatic N) is 1. The molecule has 2 aliphatic rings. The Morgan fingerprint density at radius 2 is 1.69 bits per heavy atom. The number of hydrogen-bond donors (Lipinski definition) is 1. The zero-order valence-electron chi connectivity index (χ0n) is 17.2. The summed E-state index contributed by atoms with van der Waals surface area (Å²) in [5, 5.41) is 0. The normalized spacial score (nSPS) is 23.1. The van der Waals surface area contributed by atoms with Gasteiger partial charge in [-0.3, -0.25) is 4.79 Å². The molecular formula is C25H32FN2O+. The van der Waals surface area contributed by atoms with Gasteiger partial charge in [0.15, 0.2) is 0 Å². The summed E-state index contributed by atoms with van der Waals surface area (Å²) < 4.78 is 13.1. The molecule has 0 spiro atoms. The Labute approximate surface area is 173 Å². The first kappa shape index (κ1) is 20.1. The lowest BCUT2D eigenvalue weighted by Gasteiger charge is -2.36. The van der Waals surface area contributed by atoms with Crippen molar-refractivity contribution in [3.05, 3.63) is 71.5 Å². The summed E-state index contributed by atoms with van der Waals surface area (Å²) in [6.45, 7) is 4.68. The standard InChI is InChI=1S/C25H31FN2O/c26-24-10-8-22(9-11-24)18-27-14-4-7-23(19-27)25(29)28-15-12-21(13-16-28)17-20-5-2-1-3-6-20/h1-3,5-6,8-11,21,23H,4,7,12-19H2/p+1/t23-/m1/s1. The summed E-state index contributed by atoms with van der Waals surface area (Å²) >= 11 is 0. The Balaban J connectivity index is 1.26. The first-order chi connectivity index (χ1) is 14.2. The molecule has 2 saturated heterocycles. The predicted molar refractivity (Wildman–Crippen MR) is 113 cm³/mol. The lowest BCUT2D eigenvalue weighted by atomic mass is 9.89. The molecule has 2 aliphatic heterocycles. The number of nitrogens with one attached hydrogen (secondary N) is 1. The van der Waals surface area contributed by atoms with E-state index in [1.165, 1.54) is 22.6 Å². The number of quaternary nitrogens is 1. The van der Waals surface area contributed by atoms with Crippen LogP contribution in [0.5, 0.6) is 0 Å². The molecule has 1 N–H and O–H groups in total. The van der Waals surface area contributed by atoms with Gasteiger partial charge in [-0.15, -0.1) is 0 Å². The minimum Gasteiger partial charge on any atom is -0.342 e. The molecule has 2 heterocycles. The summed E-state index contributed by atoms with van der Waals surface area (Å²) in [5.74, 6) is 1.00. The molecule has 0 aromatic heterocycles. The molecular weight excluding hydrogens is 363 g/mol. The number of hydrogen-bond acceptors (Lipinski definition) is 1. The van der Waals surface area contributed by atoms with Crippen molar-refractivity contribution in [3.63, 3.8) is 0 Å². The van der Waals surface area contributed by atoms with E-state index in [1.807, 2.05) is 12.1 Å². The van der Waals surface area contributed by atoms with E-state index in [2.05, 4.69) is 35.2 Å². The monoisotopic (exact) mass is 395 g/mol. The highest BCUT2D eigenvalue weighted by atomic mass is 19.1. The first-order valence-electron chi connectivity index (χ1n) is 11.1. The van der Waals surface area contributed by atoms with Crippen molar-refractivity contribution in [2.24, 2.45) is 11.8 Å². The summed E-state index contributed by atoms with van der Waals surface area (Å²) in [6, 6.07) is 17.5. The number of benzene rings is 2. The fraction of sp³-hybridized carbons (Fsp3) is 0.480. The molecule has 2 fully saturated rings. The molecule has 0 aliphatic carbocycles. The van der Waals surface area contributed by atoms with Crippen molar-refractivity contribution < 1.29 is 14.1 Å². The minimum atomic E-state index is -0.189. The number of likely N-dealkylation sites (tertiary alicyclic amines) is 2. The molecule has 2 atom stereocenters. The molecule has 1 amide bonds. The zero-order chi connectivity index (χ0) is 20.1. The van der Waals surface area contributed by atoms with Gasteiger partial charge in [0, 0.05) is 18.7 Å². The number of piperidine rings is 2. The van der Waals surface area contributed by atoms with E-state index >= 15 is 0 Å². The van der Waals surface area contributed by atoms with E-state index in [0.717, 1.165) is 70.4 Å². The molecule has 3 nitrogen and oxygen atoms in total. The van der Waals surface area contributed by atoms with Gasteiger partial charge >= 0.3 is 0 Å². The molecule has 2 aromatic rings. The van der Waals surface area contributed by atoms with Gasteiger partial charge in [-0.25, -0.2) is 4.39 Å². The van der Waals surface area contributed by atoms with Gasteiger partial charge in [0.25, 0.3) is 0 Å². The Bertz CT molecular complexity index is 784. The Kier molecular flexibility index (Phi) is 6.60. The van der Waals surface area contributed by atoms with Crippen molar-refractivity contribution in [1.29, 1.82) is 0 Å². The van der Waals surface area contributed by atoms with E-state index in [0.29, 0.717) is 11.8 Å². The van der Waals surface area contributed by atoms with Crippen LogP contribution < -0.4 is 4.90 Å². The number of carbonyl (C=O) groups is 1. The summed E-state index contributed by atoms with van der Waals surface area (Å²) in [4.78, 5) is 16.7. The van der Waals surface area contributed by atoms with Crippen LogP contribution >= 0.6 is 0 Å². The largest absolute Gasteiger partial charge is 0.342 e. The summed E-state index contributed by atoms with van der Waals surface area (Å²) in [5.41, 5.74) is 2.56. The smallest absolute Gasteiger partial charge is 0.231 e. The minimum absolute atomic E-state index is 0.143. The van der Waals surface area contributed by atoms with Crippen LogP contribution in [0.1, 0.15) is 36.8 Å². The van der Waals surface area contributed by atoms with Crippen LogP contribution in [-0.4, -0.2) is 37.0 Å². The van der Waals surface area contributed by atoms with E-state index in [1.54, 1.807) is 0 Å². The Morgan fingerprint density at radius 3 is 2.41 bits per heavy atom. The van der Waals surface area contributed by atoms with Crippen molar-refractivity contribution in [2.75, 3.05) is 26.2 Å². The molecule has 0 saturated carbocycles. The van der Waals surface area contributed by atoms with Gasteiger partial charge in [-0.2, -0.15) is 0 Å². The van der Waals surface area contributed by atoms with Crippen molar-refractivity contribution >= 4 is 5.91 Å². The summed E-state index contributed by atoms with van der Waals surface area (Å²) in [6.07, 6.45) is 5.45. The highest BCUT2D eigenvalue weighted by molar-refractivity contribution is 5.79. The molecule has 0 bridgehead atoms. The molecule has 154 valence electrons. The third-order valence-electron chi connectivity index (χ3n) is 6.63. The van der Waals surface area contributed by atoms with Crippen molar-refractivity contribution in [1.82, 2.24) is 4.90 Å². The first-order valence-corrected chi connectivity index (χ1v) is 11.1. The maximum absolute atomic E-state index is 13.1. The van der Waals surface area contributed by atoms with Crippen molar-refractivity contribution in [3.8, 4) is 0 Å². The third-order valence-corrected chi connectivity index (χ3v) is 6.63. The molecule has 1 unspecified atom stereocenters. The third kappa shape index (κ3) is 5.45. The number of carbonyl (C=O) groups excluding carboxylic acids is 1. The van der Waals surface area contributed by atoms with E-state index < -0.39 is 0 Å². The molecule has 29 heavy (non-hydrogen) atoms. The maximum Gasteiger partial charge on any atom is 0.231 e. The Hall–Kier alpha value is -2.20. The van der Waals surface area contributed by atoms with Crippen LogP contribution in [0.3, 0.4) is 0 Å². The average molecular weight is 396 g/mol. The second kappa shape index (κ2) is 9.53. The van der Waals surface area contributed by atoms with E-state index in [-0.39, 0.29) is 11.7 Å². The predicted octanol–water partition coefficient (Wildman–Crippen LogP) is 3.10. The van der Waals surface area contributed by atoms with Crippen LogP contribution in [0.25, 0.3) is 0 Å². The van der Waals surface area contributed by atoms with Crippen LogP contribution in [0, 0.1) is 17.7 Å². The lowest BCUT2D eigenvalue weighted by Crippen LogP contribution is -3.12. The fourth-order valence-electron chi connectivity index (χ4n) is 4.98. The van der Waals surface area contributed by atoms with Crippen LogP contribution in [0.2, 0.25) is 0 Å². The summed E-state index contributed by atoms with van der Waals surface area (Å²) in [7, 11) is 0. The average Bonchev–Trinajstić information content (AvgIpc) is 2.76. The van der Waals surface area contributed by atoms with Gasteiger partial charge in [-0.1, -0.05) is 42.5 Å². The number of halogens is 1. The van der Waals surface area contributed by atoms with Gasteiger partial charge < -0.3 is 9.80 Å². The van der Waals surface area contributed by atoms with Gasteiger partial charge in [0.05, 0.1) is 19.0 Å². The molecule has 2 aromatic carbocycles. The Morgan fingerprint density at radius 1 is 0.966 bits per heavy atom. The molecule has 4 rings (SSSR count). The molecule has 0 radical (unpaired) electrons. The van der Waals surface area contributed by atoms with Gasteiger partial charge in [-0.05, 0) is 55.7 Å². The SMILES string of the molecule is O=C([C@@H]1CCC[NH+](Cc2ccc(F)cc2)C1)N1CCC(Cc2ccccc2)CC1. The lowest BCUT2D eigenvalue weighted by molar-refractivity contribution is -0.921. The fourth-order valence-corrected chi connectivity index (χ4v) is 4.98. The van der Waals surface area contributed by atoms with Crippen LogP contribution in [-0.2, 0) is 17.8 Å². The number of rotatable bonds is 5. The second-order valence-corrected chi connectivity index (χ2v) is 8.80. The molecule has 4 heteroatoms. The zero-order valence-corrected chi connectivity index (χ0v) is 17.2. The van der Waals surface area contributed by atoms with E-state index in [4.69, 9.17) is 0 Å². The second-order valence-electron chi connectivity index (χ2n) is 8.80. The quantitative estimate of drug-likeness (QED) is 0.827. The highest BCUT2D eigenvalue weighted by Crippen LogP contribution is 2.23. The van der Waals surface area contributed by atoms with Crippen molar-refractivity contribution in [2.45, 2.75) is 38.6 Å². The maximum atomic E-state index is 13.1. The van der Waals surface area contributed by atoms with Crippen LogP contribution in [0.15, 0.2) is 54.6 Å².